The molecule has 0 saturated heterocycles. The molecule has 0 atom stereocenters. The fourth-order valence-electron chi connectivity index (χ4n) is 1.79. The van der Waals surface area contributed by atoms with Crippen molar-refractivity contribution in [2.24, 2.45) is 0 Å². The Bertz CT molecular complexity index is 798. The van der Waals surface area contributed by atoms with Crippen molar-refractivity contribution in [3.63, 3.8) is 0 Å². The van der Waals surface area contributed by atoms with Crippen LogP contribution in [0.4, 0.5) is 4.79 Å². The van der Waals surface area contributed by atoms with Crippen LogP contribution >= 0.6 is 23.2 Å². The molecule has 0 aliphatic rings. The summed E-state index contributed by atoms with van der Waals surface area (Å²) in [5.74, 6) is -1.03. The quantitative estimate of drug-likeness (QED) is 0.577. The number of hydrogen-bond acceptors (Lipinski definition) is 5. The molecule has 0 bridgehead atoms. The molecule has 1 aromatic heterocycles. The van der Waals surface area contributed by atoms with Crippen molar-refractivity contribution < 1.29 is 23.5 Å². The molecule has 0 unspecified atom stereocenters. The lowest BCUT2D eigenvalue weighted by atomic mass is 10.2. The summed E-state index contributed by atoms with van der Waals surface area (Å²) in [5, 5.41) is 5.17. The number of benzene rings is 1. The monoisotopic (exact) mass is 396 g/mol. The largest absolute Gasteiger partial charge is 0.467 e. The van der Waals surface area contributed by atoms with Gasteiger partial charge in [-0.05, 0) is 30.3 Å². The number of esters is 1. The molecule has 1 aromatic carbocycles. The zero-order valence-corrected chi connectivity index (χ0v) is 14.8. The summed E-state index contributed by atoms with van der Waals surface area (Å²) in [7, 11) is 0. The van der Waals surface area contributed by atoms with E-state index in [-0.39, 0.29) is 6.54 Å². The van der Waals surface area contributed by atoms with Crippen molar-refractivity contribution in [2.45, 2.75) is 6.54 Å². The molecule has 7 nitrogen and oxygen atoms in total. The first-order valence-electron chi connectivity index (χ1n) is 7.34. The number of furan rings is 1. The van der Waals surface area contributed by atoms with Gasteiger partial charge in [-0.1, -0.05) is 29.3 Å². The summed E-state index contributed by atoms with van der Waals surface area (Å²) in [4.78, 5) is 34.7. The lowest BCUT2D eigenvalue weighted by molar-refractivity contribution is -0.143. The molecule has 1 heterocycles. The summed E-state index contributed by atoms with van der Waals surface area (Å²) in [5.41, 5.74) is 0.453. The van der Waals surface area contributed by atoms with E-state index >= 15 is 0 Å². The molecule has 136 valence electrons. The molecule has 0 saturated carbocycles. The first-order chi connectivity index (χ1) is 12.5. The first kappa shape index (κ1) is 19.6. The van der Waals surface area contributed by atoms with E-state index in [1.54, 1.807) is 30.3 Å². The second kappa shape index (κ2) is 9.65. The van der Waals surface area contributed by atoms with E-state index < -0.39 is 24.5 Å². The van der Waals surface area contributed by atoms with Crippen molar-refractivity contribution >= 4 is 47.2 Å². The number of carbonyl (C=O) groups is 3. The lowest BCUT2D eigenvalue weighted by Crippen LogP contribution is -2.41. The maximum atomic E-state index is 11.6. The minimum absolute atomic E-state index is 0.118. The SMILES string of the molecule is O=C(COC(=O)/C=C/c1c(Cl)cccc1Cl)NC(=O)NCc1ccco1. The summed E-state index contributed by atoms with van der Waals surface area (Å²) in [6.07, 6.45) is 3.92. The van der Waals surface area contributed by atoms with Crippen LogP contribution in [0.2, 0.25) is 10.0 Å². The van der Waals surface area contributed by atoms with Gasteiger partial charge in [-0.15, -0.1) is 0 Å². The van der Waals surface area contributed by atoms with Gasteiger partial charge in [0, 0.05) is 21.7 Å². The van der Waals surface area contributed by atoms with Crippen LogP contribution in [-0.2, 0) is 20.9 Å². The Morgan fingerprint density at radius 3 is 2.50 bits per heavy atom. The van der Waals surface area contributed by atoms with E-state index in [1.807, 2.05) is 5.32 Å². The molecule has 0 aliphatic carbocycles. The number of urea groups is 1. The zero-order valence-electron chi connectivity index (χ0n) is 13.3. The minimum Gasteiger partial charge on any atom is -0.467 e. The van der Waals surface area contributed by atoms with Gasteiger partial charge in [-0.25, -0.2) is 9.59 Å². The molecule has 0 spiro atoms. The number of rotatable bonds is 6. The predicted molar refractivity (Wildman–Crippen MR) is 95.5 cm³/mol. The summed E-state index contributed by atoms with van der Waals surface area (Å²) in [6, 6.07) is 7.51. The number of halogens is 2. The fraction of sp³-hybridized carbons (Fsp3) is 0.118. The van der Waals surface area contributed by atoms with Crippen LogP contribution in [0, 0.1) is 0 Å². The van der Waals surface area contributed by atoms with Gasteiger partial charge < -0.3 is 14.5 Å². The highest BCUT2D eigenvalue weighted by molar-refractivity contribution is 6.37. The molecule has 3 amide bonds. The normalized spacial score (nSPS) is 10.5. The second-order valence-electron chi connectivity index (χ2n) is 4.89. The van der Waals surface area contributed by atoms with Crippen molar-refractivity contribution in [1.82, 2.24) is 10.6 Å². The summed E-state index contributed by atoms with van der Waals surface area (Å²) < 4.78 is 9.76. The molecule has 2 aromatic rings. The summed E-state index contributed by atoms with van der Waals surface area (Å²) >= 11 is 11.9. The third kappa shape index (κ3) is 6.27. The van der Waals surface area contributed by atoms with Crippen molar-refractivity contribution in [2.75, 3.05) is 6.61 Å². The number of imide groups is 1. The van der Waals surface area contributed by atoms with Crippen molar-refractivity contribution in [1.29, 1.82) is 0 Å². The van der Waals surface area contributed by atoms with Gasteiger partial charge in [0.25, 0.3) is 5.91 Å². The Labute approximate surface area is 158 Å². The van der Waals surface area contributed by atoms with E-state index in [1.165, 1.54) is 12.3 Å². The van der Waals surface area contributed by atoms with E-state index in [0.29, 0.717) is 21.4 Å². The van der Waals surface area contributed by atoms with Gasteiger partial charge in [-0.2, -0.15) is 0 Å². The van der Waals surface area contributed by atoms with Gasteiger partial charge in [-0.3, -0.25) is 10.1 Å². The van der Waals surface area contributed by atoms with E-state index in [0.717, 1.165) is 6.08 Å². The Kier molecular flexibility index (Phi) is 7.25. The molecule has 0 aliphatic heterocycles. The number of ether oxygens (including phenoxy) is 1. The maximum absolute atomic E-state index is 11.6. The minimum atomic E-state index is -0.785. The standard InChI is InChI=1S/C17H14Cl2N2O5/c18-13-4-1-5-14(19)12(13)6-7-16(23)26-10-15(22)21-17(24)20-9-11-3-2-8-25-11/h1-8H,9-10H2,(H2,20,21,22,24)/b7-6+. The number of amides is 3. The molecule has 0 fully saturated rings. The smallest absolute Gasteiger partial charge is 0.331 e. The molecule has 0 radical (unpaired) electrons. The first-order valence-corrected chi connectivity index (χ1v) is 8.10. The van der Waals surface area contributed by atoms with Gasteiger partial charge in [0.2, 0.25) is 0 Å². The molecule has 2 rings (SSSR count). The zero-order chi connectivity index (χ0) is 18.9. The van der Waals surface area contributed by atoms with Crippen molar-refractivity contribution in [3.8, 4) is 0 Å². The number of carbonyl (C=O) groups excluding carboxylic acids is 3. The average molecular weight is 397 g/mol. The summed E-state index contributed by atoms with van der Waals surface area (Å²) in [6.45, 7) is -0.499. The predicted octanol–water partition coefficient (Wildman–Crippen LogP) is 3.17. The topological polar surface area (TPSA) is 97.6 Å². The fourth-order valence-corrected chi connectivity index (χ4v) is 2.32. The van der Waals surface area contributed by atoms with Crippen LogP contribution in [0.1, 0.15) is 11.3 Å². The highest BCUT2D eigenvalue weighted by Gasteiger charge is 2.10. The van der Waals surface area contributed by atoms with Gasteiger partial charge in [0.1, 0.15) is 5.76 Å². The maximum Gasteiger partial charge on any atom is 0.331 e. The highest BCUT2D eigenvalue weighted by Crippen LogP contribution is 2.25. The number of nitrogens with one attached hydrogen (secondary N) is 2. The third-order valence-corrected chi connectivity index (χ3v) is 3.65. The van der Waals surface area contributed by atoms with Crippen LogP contribution in [0.25, 0.3) is 6.08 Å². The van der Waals surface area contributed by atoms with Crippen LogP contribution in [-0.4, -0.2) is 24.5 Å². The Hall–Kier alpha value is -2.77. The molecule has 2 N–H and O–H groups in total. The number of hydrogen-bond donors (Lipinski definition) is 2. The van der Waals surface area contributed by atoms with Crippen LogP contribution in [0.3, 0.4) is 0 Å². The molecule has 26 heavy (non-hydrogen) atoms. The van der Waals surface area contributed by atoms with E-state index in [4.69, 9.17) is 32.4 Å². The highest BCUT2D eigenvalue weighted by atomic mass is 35.5. The average Bonchev–Trinajstić information content (AvgIpc) is 3.11. The van der Waals surface area contributed by atoms with Gasteiger partial charge in [0.15, 0.2) is 6.61 Å². The Morgan fingerprint density at radius 1 is 1.12 bits per heavy atom. The van der Waals surface area contributed by atoms with E-state index in [9.17, 15) is 14.4 Å². The second-order valence-corrected chi connectivity index (χ2v) is 5.70. The molecular formula is C17H14Cl2N2O5. The molecular weight excluding hydrogens is 383 g/mol. The molecule has 9 heteroatoms. The van der Waals surface area contributed by atoms with Gasteiger partial charge in [0.05, 0.1) is 12.8 Å². The van der Waals surface area contributed by atoms with Crippen LogP contribution in [0.15, 0.2) is 47.1 Å². The van der Waals surface area contributed by atoms with E-state index in [2.05, 4.69) is 5.32 Å². The van der Waals surface area contributed by atoms with Crippen LogP contribution < -0.4 is 10.6 Å². The Morgan fingerprint density at radius 2 is 1.85 bits per heavy atom. The third-order valence-electron chi connectivity index (χ3n) is 2.99. The lowest BCUT2D eigenvalue weighted by Gasteiger charge is -2.05. The Balaban J connectivity index is 1.73. The van der Waals surface area contributed by atoms with Crippen molar-refractivity contribution in [3.05, 3.63) is 64.0 Å². The van der Waals surface area contributed by atoms with Crippen LogP contribution in [0.5, 0.6) is 0 Å². The van der Waals surface area contributed by atoms with Gasteiger partial charge >= 0.3 is 12.0 Å².